The maximum Gasteiger partial charge on any atom is 0.156 e. The Morgan fingerprint density at radius 3 is 2.91 bits per heavy atom. The predicted octanol–water partition coefficient (Wildman–Crippen LogP) is 1.43. The highest BCUT2D eigenvalue weighted by atomic mass is 32.1. The Morgan fingerprint density at radius 2 is 2.45 bits per heavy atom. The van der Waals surface area contributed by atoms with Gasteiger partial charge in [-0.2, -0.15) is 0 Å². The standard InChI is InChI=1S/C7H9FN2S/c8-7(1-5(9)2-7)6-3-11-4-10-6/h3-5H,1-2,9H2. The fourth-order valence-corrected chi connectivity index (χ4v) is 2.05. The molecule has 0 saturated heterocycles. The second-order valence-electron chi connectivity index (χ2n) is 3.01. The summed E-state index contributed by atoms with van der Waals surface area (Å²) < 4.78 is 13.6. The minimum Gasteiger partial charge on any atom is -0.327 e. The summed E-state index contributed by atoms with van der Waals surface area (Å²) >= 11 is 1.43. The normalized spacial score (nSPS) is 36.7. The molecule has 1 aliphatic carbocycles. The maximum absolute atomic E-state index is 13.6. The molecule has 0 spiro atoms. The summed E-state index contributed by atoms with van der Waals surface area (Å²) in [5, 5.41) is 1.76. The average Bonchev–Trinajstić information content (AvgIpc) is 2.34. The van der Waals surface area contributed by atoms with E-state index in [1.165, 1.54) is 11.3 Å². The molecule has 0 amide bonds. The molecule has 2 N–H and O–H groups in total. The van der Waals surface area contributed by atoms with Crippen LogP contribution in [0.3, 0.4) is 0 Å². The number of halogens is 1. The van der Waals surface area contributed by atoms with Crippen molar-refractivity contribution in [2.45, 2.75) is 24.6 Å². The lowest BCUT2D eigenvalue weighted by Gasteiger charge is -2.37. The Labute approximate surface area is 68.3 Å². The van der Waals surface area contributed by atoms with Crippen LogP contribution in [-0.4, -0.2) is 11.0 Å². The first-order valence-electron chi connectivity index (χ1n) is 3.54. The molecule has 1 fully saturated rings. The molecule has 0 aliphatic heterocycles. The number of hydrogen-bond donors (Lipinski definition) is 1. The van der Waals surface area contributed by atoms with Crippen molar-refractivity contribution in [3.8, 4) is 0 Å². The first-order chi connectivity index (χ1) is 5.21. The van der Waals surface area contributed by atoms with Crippen LogP contribution in [-0.2, 0) is 5.67 Å². The number of thiazole rings is 1. The van der Waals surface area contributed by atoms with Crippen molar-refractivity contribution in [2.24, 2.45) is 5.73 Å². The summed E-state index contributed by atoms with van der Waals surface area (Å²) in [6.07, 6.45) is 0.855. The smallest absolute Gasteiger partial charge is 0.156 e. The Morgan fingerprint density at radius 1 is 1.73 bits per heavy atom. The number of aromatic nitrogens is 1. The zero-order chi connectivity index (χ0) is 7.90. The van der Waals surface area contributed by atoms with E-state index in [1.807, 2.05) is 0 Å². The van der Waals surface area contributed by atoms with Crippen LogP contribution >= 0.6 is 11.3 Å². The maximum atomic E-state index is 13.6. The quantitative estimate of drug-likeness (QED) is 0.696. The monoisotopic (exact) mass is 172 g/mol. The Hall–Kier alpha value is -0.480. The molecule has 2 nitrogen and oxygen atoms in total. The molecule has 0 atom stereocenters. The van der Waals surface area contributed by atoms with Crippen LogP contribution in [0.5, 0.6) is 0 Å². The van der Waals surface area contributed by atoms with E-state index >= 15 is 0 Å². The molecule has 4 heteroatoms. The summed E-state index contributed by atoms with van der Waals surface area (Å²) in [4.78, 5) is 3.93. The number of hydrogen-bond acceptors (Lipinski definition) is 3. The van der Waals surface area contributed by atoms with Gasteiger partial charge in [-0.25, -0.2) is 9.37 Å². The van der Waals surface area contributed by atoms with Crippen LogP contribution in [0.2, 0.25) is 0 Å². The highest BCUT2D eigenvalue weighted by Crippen LogP contribution is 2.43. The lowest BCUT2D eigenvalue weighted by Crippen LogP contribution is -2.46. The third-order valence-electron chi connectivity index (χ3n) is 2.06. The predicted molar refractivity (Wildman–Crippen MR) is 42.1 cm³/mol. The van der Waals surface area contributed by atoms with Gasteiger partial charge in [-0.05, 0) is 0 Å². The van der Waals surface area contributed by atoms with Gasteiger partial charge in [-0.15, -0.1) is 11.3 Å². The molecule has 0 radical (unpaired) electrons. The fraction of sp³-hybridized carbons (Fsp3) is 0.571. The van der Waals surface area contributed by atoms with Gasteiger partial charge in [-0.3, -0.25) is 0 Å². The summed E-state index contributed by atoms with van der Waals surface area (Å²) in [5.74, 6) is 0. The van der Waals surface area contributed by atoms with Gasteiger partial charge in [0, 0.05) is 24.3 Å². The SMILES string of the molecule is NC1CC(F)(c2cscn2)C1. The molecular weight excluding hydrogens is 163 g/mol. The number of alkyl halides is 1. The highest BCUT2D eigenvalue weighted by molar-refractivity contribution is 7.07. The largest absolute Gasteiger partial charge is 0.327 e. The number of rotatable bonds is 1. The fourth-order valence-electron chi connectivity index (χ4n) is 1.41. The molecule has 2 rings (SSSR count). The van der Waals surface area contributed by atoms with E-state index in [9.17, 15) is 4.39 Å². The minimum absolute atomic E-state index is 0.0294. The van der Waals surface area contributed by atoms with E-state index in [0.29, 0.717) is 18.5 Å². The Balaban J connectivity index is 2.18. The lowest BCUT2D eigenvalue weighted by molar-refractivity contribution is 0.0366. The van der Waals surface area contributed by atoms with Crippen LogP contribution in [0, 0.1) is 0 Å². The molecule has 0 aromatic carbocycles. The summed E-state index contributed by atoms with van der Waals surface area (Å²) in [7, 11) is 0. The van der Waals surface area contributed by atoms with Gasteiger partial charge >= 0.3 is 0 Å². The van der Waals surface area contributed by atoms with Crippen molar-refractivity contribution in [2.75, 3.05) is 0 Å². The molecule has 11 heavy (non-hydrogen) atoms. The molecule has 0 unspecified atom stereocenters. The van der Waals surface area contributed by atoms with Crippen molar-refractivity contribution in [3.63, 3.8) is 0 Å². The zero-order valence-corrected chi connectivity index (χ0v) is 6.77. The molecule has 1 aromatic heterocycles. The van der Waals surface area contributed by atoms with Gasteiger partial charge in [-0.1, -0.05) is 0 Å². The van der Waals surface area contributed by atoms with Crippen LogP contribution < -0.4 is 5.73 Å². The molecule has 1 heterocycles. The van der Waals surface area contributed by atoms with Gasteiger partial charge in [0.2, 0.25) is 0 Å². The third-order valence-corrected chi connectivity index (χ3v) is 2.65. The Kier molecular flexibility index (Phi) is 1.47. The summed E-state index contributed by atoms with van der Waals surface area (Å²) in [6, 6.07) is 0.0294. The Bertz CT molecular complexity index is 241. The first kappa shape index (κ1) is 7.18. The van der Waals surface area contributed by atoms with Gasteiger partial charge in [0.1, 0.15) is 0 Å². The molecule has 1 aliphatic rings. The van der Waals surface area contributed by atoms with Crippen LogP contribution in [0.15, 0.2) is 10.9 Å². The molecular formula is C7H9FN2S. The van der Waals surface area contributed by atoms with E-state index in [-0.39, 0.29) is 6.04 Å². The molecule has 1 saturated carbocycles. The second-order valence-corrected chi connectivity index (χ2v) is 3.73. The van der Waals surface area contributed by atoms with Crippen molar-refractivity contribution in [3.05, 3.63) is 16.6 Å². The second kappa shape index (κ2) is 2.25. The summed E-state index contributed by atoms with van der Waals surface area (Å²) in [5.41, 5.74) is 6.50. The molecule has 1 aromatic rings. The zero-order valence-electron chi connectivity index (χ0n) is 5.96. The lowest BCUT2D eigenvalue weighted by atomic mass is 9.76. The van der Waals surface area contributed by atoms with Crippen LogP contribution in [0.25, 0.3) is 0 Å². The van der Waals surface area contributed by atoms with Gasteiger partial charge in [0.05, 0.1) is 11.2 Å². The molecule has 0 bridgehead atoms. The van der Waals surface area contributed by atoms with E-state index in [1.54, 1.807) is 10.9 Å². The van der Waals surface area contributed by atoms with E-state index < -0.39 is 5.67 Å². The van der Waals surface area contributed by atoms with E-state index in [4.69, 9.17) is 5.73 Å². The average molecular weight is 172 g/mol. The first-order valence-corrected chi connectivity index (χ1v) is 4.48. The van der Waals surface area contributed by atoms with Crippen molar-refractivity contribution in [1.29, 1.82) is 0 Å². The van der Waals surface area contributed by atoms with Gasteiger partial charge in [0.15, 0.2) is 5.67 Å². The summed E-state index contributed by atoms with van der Waals surface area (Å²) in [6.45, 7) is 0. The van der Waals surface area contributed by atoms with E-state index in [0.717, 1.165) is 0 Å². The third kappa shape index (κ3) is 1.06. The van der Waals surface area contributed by atoms with E-state index in [2.05, 4.69) is 4.98 Å². The van der Waals surface area contributed by atoms with Crippen molar-refractivity contribution in [1.82, 2.24) is 4.98 Å². The topological polar surface area (TPSA) is 38.9 Å². The highest BCUT2D eigenvalue weighted by Gasteiger charge is 2.45. The number of nitrogens with two attached hydrogens (primary N) is 1. The van der Waals surface area contributed by atoms with Crippen molar-refractivity contribution < 1.29 is 4.39 Å². The van der Waals surface area contributed by atoms with Crippen molar-refractivity contribution >= 4 is 11.3 Å². The van der Waals surface area contributed by atoms with Gasteiger partial charge < -0.3 is 5.73 Å². The van der Waals surface area contributed by atoms with Crippen LogP contribution in [0.4, 0.5) is 4.39 Å². The number of nitrogens with zero attached hydrogens (tertiary/aromatic N) is 1. The minimum atomic E-state index is -1.21. The van der Waals surface area contributed by atoms with Crippen LogP contribution in [0.1, 0.15) is 18.5 Å². The van der Waals surface area contributed by atoms with Gasteiger partial charge in [0.25, 0.3) is 0 Å². The molecule has 60 valence electrons.